The molecule has 0 aliphatic heterocycles. The highest BCUT2D eigenvalue weighted by atomic mass is 19.1. The molecule has 0 saturated heterocycles. The average Bonchev–Trinajstić information content (AvgIpc) is 3.49. The largest absolute Gasteiger partial charge is 0.468 e. The Morgan fingerprint density at radius 2 is 1.89 bits per heavy atom. The highest BCUT2D eigenvalue weighted by Gasteiger charge is 2.24. The van der Waals surface area contributed by atoms with Crippen LogP contribution in [-0.2, 0) is 24.9 Å². The summed E-state index contributed by atoms with van der Waals surface area (Å²) in [7, 11) is 1.76. The van der Waals surface area contributed by atoms with Gasteiger partial charge in [-0.1, -0.05) is 48.4 Å². The standard InChI is InChI=1S/C28H28FN3O4/c1-3-15-34-20-22(33)17-32(18-23-12-9-16-35-23)19-24-27(21-10-5-4-6-11-21)30-31(2)28(24)36-26-14-8-7-13-25(26)29/h1,4-14,16,22,33H,15,17-20H2,2H3/t22-/m0/s1. The smallest absolute Gasteiger partial charge is 0.222 e. The molecule has 0 spiro atoms. The normalized spacial score (nSPS) is 12.0. The molecule has 4 aromatic rings. The first-order chi connectivity index (χ1) is 17.5. The Bertz CT molecular complexity index is 1280. The van der Waals surface area contributed by atoms with Crippen LogP contribution in [0.15, 0.2) is 77.4 Å². The minimum Gasteiger partial charge on any atom is -0.468 e. The van der Waals surface area contributed by atoms with Gasteiger partial charge in [-0.15, -0.1) is 6.42 Å². The zero-order chi connectivity index (χ0) is 25.3. The lowest BCUT2D eigenvalue weighted by atomic mass is 10.1. The summed E-state index contributed by atoms with van der Waals surface area (Å²) in [6, 6.07) is 19.6. The summed E-state index contributed by atoms with van der Waals surface area (Å²) in [6.07, 6.45) is 6.06. The first-order valence-corrected chi connectivity index (χ1v) is 11.5. The third-order valence-electron chi connectivity index (χ3n) is 5.48. The van der Waals surface area contributed by atoms with Gasteiger partial charge >= 0.3 is 0 Å². The molecule has 2 aromatic carbocycles. The van der Waals surface area contributed by atoms with Crippen molar-refractivity contribution in [3.05, 3.63) is 90.1 Å². The van der Waals surface area contributed by atoms with E-state index in [1.54, 1.807) is 36.2 Å². The van der Waals surface area contributed by atoms with Crippen LogP contribution in [0.5, 0.6) is 11.6 Å². The number of aliphatic hydroxyl groups excluding tert-OH is 1. The van der Waals surface area contributed by atoms with Gasteiger partial charge in [-0.05, 0) is 24.3 Å². The van der Waals surface area contributed by atoms with Gasteiger partial charge in [0.25, 0.3) is 0 Å². The van der Waals surface area contributed by atoms with Crippen LogP contribution < -0.4 is 4.74 Å². The third-order valence-corrected chi connectivity index (χ3v) is 5.48. The fourth-order valence-electron chi connectivity index (χ4n) is 3.92. The van der Waals surface area contributed by atoms with Gasteiger partial charge < -0.3 is 19.0 Å². The lowest BCUT2D eigenvalue weighted by molar-refractivity contribution is 0.0229. The van der Waals surface area contributed by atoms with Crippen LogP contribution in [0.3, 0.4) is 0 Å². The van der Waals surface area contributed by atoms with Gasteiger partial charge in [-0.25, -0.2) is 9.07 Å². The molecule has 2 heterocycles. The Hall–Kier alpha value is -3.90. The zero-order valence-electron chi connectivity index (χ0n) is 20.0. The molecule has 0 aliphatic rings. The molecule has 0 bridgehead atoms. The van der Waals surface area contributed by atoms with Crippen molar-refractivity contribution in [1.82, 2.24) is 14.7 Å². The van der Waals surface area contributed by atoms with E-state index in [4.69, 9.17) is 25.4 Å². The number of aryl methyl sites for hydroxylation is 1. The molecular weight excluding hydrogens is 461 g/mol. The topological polar surface area (TPSA) is 72.9 Å². The Kier molecular flexibility index (Phi) is 8.53. The number of terminal acetylenes is 1. The number of furan rings is 1. The summed E-state index contributed by atoms with van der Waals surface area (Å²) in [6.45, 7) is 1.25. The number of halogens is 1. The van der Waals surface area contributed by atoms with Crippen LogP contribution in [0.1, 0.15) is 11.3 Å². The van der Waals surface area contributed by atoms with E-state index < -0.39 is 11.9 Å². The molecule has 1 atom stereocenters. The molecule has 4 rings (SSSR count). The van der Waals surface area contributed by atoms with Crippen LogP contribution in [0.2, 0.25) is 0 Å². The van der Waals surface area contributed by atoms with Crippen molar-refractivity contribution in [2.75, 3.05) is 19.8 Å². The van der Waals surface area contributed by atoms with Gasteiger partial charge in [0, 0.05) is 25.7 Å². The van der Waals surface area contributed by atoms with Gasteiger partial charge in [-0.2, -0.15) is 5.10 Å². The number of aliphatic hydroxyl groups is 1. The van der Waals surface area contributed by atoms with Gasteiger partial charge in [0.1, 0.15) is 18.1 Å². The van der Waals surface area contributed by atoms with Crippen molar-refractivity contribution < 1.29 is 23.4 Å². The predicted molar refractivity (Wildman–Crippen MR) is 134 cm³/mol. The molecule has 0 aliphatic carbocycles. The van der Waals surface area contributed by atoms with Gasteiger partial charge in [0.05, 0.1) is 31.1 Å². The Morgan fingerprint density at radius 1 is 1.11 bits per heavy atom. The molecule has 8 heteroatoms. The molecule has 1 N–H and O–H groups in total. The molecule has 186 valence electrons. The highest BCUT2D eigenvalue weighted by Crippen LogP contribution is 2.35. The van der Waals surface area contributed by atoms with Crippen LogP contribution in [0.4, 0.5) is 4.39 Å². The maximum Gasteiger partial charge on any atom is 0.222 e. The monoisotopic (exact) mass is 489 g/mol. The summed E-state index contributed by atoms with van der Waals surface area (Å²) >= 11 is 0. The van der Waals surface area contributed by atoms with Gasteiger partial charge in [-0.3, -0.25) is 4.90 Å². The second-order valence-corrected chi connectivity index (χ2v) is 8.28. The Labute approximate surface area is 209 Å². The van der Waals surface area contributed by atoms with E-state index in [0.29, 0.717) is 24.7 Å². The lowest BCUT2D eigenvalue weighted by Crippen LogP contribution is -2.34. The van der Waals surface area contributed by atoms with E-state index in [1.807, 2.05) is 47.4 Å². The van der Waals surface area contributed by atoms with Crippen molar-refractivity contribution in [1.29, 1.82) is 0 Å². The second kappa shape index (κ2) is 12.2. The molecule has 0 fully saturated rings. The molecule has 36 heavy (non-hydrogen) atoms. The number of hydrogen-bond donors (Lipinski definition) is 1. The number of aromatic nitrogens is 2. The summed E-state index contributed by atoms with van der Waals surface area (Å²) in [5.74, 6) is 3.16. The molecule has 0 saturated carbocycles. The number of rotatable bonds is 12. The van der Waals surface area contributed by atoms with E-state index in [9.17, 15) is 9.50 Å². The second-order valence-electron chi connectivity index (χ2n) is 8.28. The first-order valence-electron chi connectivity index (χ1n) is 11.5. The Morgan fingerprint density at radius 3 is 2.61 bits per heavy atom. The van der Waals surface area contributed by atoms with Crippen LogP contribution in [0.25, 0.3) is 11.3 Å². The molecule has 7 nitrogen and oxygen atoms in total. The minimum atomic E-state index is -0.791. The number of nitrogens with zero attached hydrogens (tertiary/aromatic N) is 3. The Balaban J connectivity index is 1.69. The summed E-state index contributed by atoms with van der Waals surface area (Å²) in [5, 5.41) is 15.3. The molecule has 0 amide bonds. The molecular formula is C28H28FN3O4. The van der Waals surface area contributed by atoms with Gasteiger partial charge in [0.2, 0.25) is 5.88 Å². The number of para-hydroxylation sites is 1. The SMILES string of the molecule is C#CCOC[C@@H](O)CN(Cc1ccco1)Cc1c(-c2ccccc2)nn(C)c1Oc1ccccc1F. The van der Waals surface area contributed by atoms with Crippen molar-refractivity contribution in [3.8, 4) is 35.2 Å². The average molecular weight is 490 g/mol. The van der Waals surface area contributed by atoms with Crippen molar-refractivity contribution in [3.63, 3.8) is 0 Å². The third kappa shape index (κ3) is 6.40. The molecule has 0 radical (unpaired) electrons. The molecule has 0 unspecified atom stereocenters. The van der Waals surface area contributed by atoms with E-state index in [1.165, 1.54) is 6.07 Å². The van der Waals surface area contributed by atoms with Crippen LogP contribution in [0, 0.1) is 18.2 Å². The molecule has 2 aromatic heterocycles. The van der Waals surface area contributed by atoms with E-state index >= 15 is 0 Å². The number of ether oxygens (including phenoxy) is 2. The summed E-state index contributed by atoms with van der Waals surface area (Å²) in [5.41, 5.74) is 2.34. The number of benzene rings is 2. The maximum atomic E-state index is 14.5. The van der Waals surface area contributed by atoms with Crippen molar-refractivity contribution >= 4 is 0 Å². The quantitative estimate of drug-likeness (QED) is 0.231. The highest BCUT2D eigenvalue weighted by molar-refractivity contribution is 5.65. The fourth-order valence-corrected chi connectivity index (χ4v) is 3.92. The fraction of sp³-hybridized carbons (Fsp3) is 0.250. The zero-order valence-corrected chi connectivity index (χ0v) is 20.0. The summed E-state index contributed by atoms with van der Waals surface area (Å²) < 4.78 is 33.0. The van der Waals surface area contributed by atoms with Crippen LogP contribution in [-0.4, -0.2) is 45.6 Å². The van der Waals surface area contributed by atoms with Crippen LogP contribution >= 0.6 is 0 Å². The van der Waals surface area contributed by atoms with E-state index in [-0.39, 0.29) is 25.5 Å². The minimum absolute atomic E-state index is 0.0933. The van der Waals surface area contributed by atoms with E-state index in [0.717, 1.165) is 16.9 Å². The maximum absolute atomic E-state index is 14.5. The van der Waals surface area contributed by atoms with Crippen molar-refractivity contribution in [2.24, 2.45) is 7.05 Å². The lowest BCUT2D eigenvalue weighted by Gasteiger charge is -2.24. The van der Waals surface area contributed by atoms with E-state index in [2.05, 4.69) is 5.92 Å². The first kappa shape index (κ1) is 25.2. The van der Waals surface area contributed by atoms with Crippen molar-refractivity contribution in [2.45, 2.75) is 19.2 Å². The number of hydrogen-bond acceptors (Lipinski definition) is 6. The van der Waals surface area contributed by atoms with Gasteiger partial charge in [0.15, 0.2) is 11.6 Å². The predicted octanol–water partition coefficient (Wildman–Crippen LogP) is 4.62. The summed E-state index contributed by atoms with van der Waals surface area (Å²) in [4.78, 5) is 2.00.